The van der Waals surface area contributed by atoms with Gasteiger partial charge in [0.2, 0.25) is 0 Å². The summed E-state index contributed by atoms with van der Waals surface area (Å²) in [5.41, 5.74) is 1.07. The van der Waals surface area contributed by atoms with Gasteiger partial charge in [-0.15, -0.1) is 0 Å². The molecule has 0 N–H and O–H groups in total. The van der Waals surface area contributed by atoms with Crippen LogP contribution in [-0.2, 0) is 4.74 Å². The minimum Gasteiger partial charge on any atom is -0.363 e. The molecule has 1 nitrogen and oxygen atoms in total. The molecular weight excluding hydrogens is 192 g/mol. The minimum atomic E-state index is 0.203. The second-order valence-corrected chi connectivity index (χ2v) is 3.49. The average Bonchev–Trinajstić information content (AvgIpc) is 1.85. The van der Waals surface area contributed by atoms with E-state index in [1.54, 1.807) is 0 Å². The zero-order valence-electron chi connectivity index (χ0n) is 6.69. The molecule has 2 heteroatoms. The average molecular weight is 207 g/mol. The number of halogens is 1. The Hall–Kier alpha value is 0.180. The number of alkyl halides is 1. The van der Waals surface area contributed by atoms with Crippen LogP contribution in [0.15, 0.2) is 12.2 Å². The molecule has 0 aromatic rings. The van der Waals surface area contributed by atoms with Crippen LogP contribution in [-0.4, -0.2) is 11.6 Å². The van der Waals surface area contributed by atoms with E-state index >= 15 is 0 Å². The predicted molar refractivity (Wildman–Crippen MR) is 48.4 cm³/mol. The monoisotopic (exact) mass is 206 g/mol. The lowest BCUT2D eigenvalue weighted by atomic mass is 10.3. The Morgan fingerprint density at radius 2 is 2.30 bits per heavy atom. The van der Waals surface area contributed by atoms with Crippen LogP contribution in [0, 0.1) is 0 Å². The molecule has 1 unspecified atom stereocenters. The first-order chi connectivity index (χ1) is 4.66. The predicted octanol–water partition coefficient (Wildman–Crippen LogP) is 3.10. The first-order valence-electron chi connectivity index (χ1n) is 3.57. The van der Waals surface area contributed by atoms with Crippen molar-refractivity contribution in [3.8, 4) is 0 Å². The molecule has 0 aliphatic rings. The van der Waals surface area contributed by atoms with E-state index in [2.05, 4.69) is 29.4 Å². The Morgan fingerprint density at radius 3 is 2.70 bits per heavy atom. The van der Waals surface area contributed by atoms with E-state index in [0.717, 1.165) is 18.4 Å². The molecule has 0 fully saturated rings. The van der Waals surface area contributed by atoms with E-state index in [4.69, 9.17) is 4.74 Å². The van der Waals surface area contributed by atoms with Gasteiger partial charge in [-0.3, -0.25) is 0 Å². The maximum Gasteiger partial charge on any atom is 0.112 e. The quantitative estimate of drug-likeness (QED) is 0.497. The Balaban J connectivity index is 3.21. The number of ether oxygens (including phenoxy) is 1. The van der Waals surface area contributed by atoms with Crippen molar-refractivity contribution >= 4 is 15.9 Å². The number of hydrogen-bond donors (Lipinski definition) is 0. The van der Waals surface area contributed by atoms with Gasteiger partial charge in [-0.1, -0.05) is 41.4 Å². The zero-order valence-corrected chi connectivity index (χ0v) is 8.28. The van der Waals surface area contributed by atoms with Gasteiger partial charge in [-0.05, 0) is 13.3 Å². The molecule has 0 bridgehead atoms. The highest BCUT2D eigenvalue weighted by Gasteiger charge is 2.00. The van der Waals surface area contributed by atoms with Crippen LogP contribution in [0.25, 0.3) is 0 Å². The van der Waals surface area contributed by atoms with Crippen LogP contribution in [0.5, 0.6) is 0 Å². The van der Waals surface area contributed by atoms with Crippen molar-refractivity contribution in [3.63, 3.8) is 0 Å². The van der Waals surface area contributed by atoms with Crippen molar-refractivity contribution in [3.05, 3.63) is 12.2 Å². The normalized spacial score (nSPS) is 13.1. The molecule has 0 aromatic carbocycles. The van der Waals surface area contributed by atoms with Gasteiger partial charge in [0, 0.05) is 0 Å². The Morgan fingerprint density at radius 1 is 1.70 bits per heavy atom. The van der Waals surface area contributed by atoms with Crippen LogP contribution in [0.4, 0.5) is 0 Å². The summed E-state index contributed by atoms with van der Waals surface area (Å²) in [6.45, 7) is 8.51. The first-order valence-corrected chi connectivity index (χ1v) is 4.48. The van der Waals surface area contributed by atoms with Gasteiger partial charge >= 0.3 is 0 Å². The van der Waals surface area contributed by atoms with Crippen LogP contribution in [0.3, 0.4) is 0 Å². The zero-order chi connectivity index (χ0) is 7.98. The van der Waals surface area contributed by atoms with Crippen molar-refractivity contribution in [2.45, 2.75) is 31.7 Å². The molecule has 0 amide bonds. The number of rotatable bonds is 5. The van der Waals surface area contributed by atoms with Crippen molar-refractivity contribution < 1.29 is 4.74 Å². The maximum atomic E-state index is 5.36. The highest BCUT2D eigenvalue weighted by molar-refractivity contribution is 9.09. The van der Waals surface area contributed by atoms with Crippen molar-refractivity contribution in [1.82, 2.24) is 0 Å². The van der Waals surface area contributed by atoms with Crippen LogP contribution in [0.2, 0.25) is 0 Å². The third-order valence-corrected chi connectivity index (χ3v) is 1.75. The van der Waals surface area contributed by atoms with Crippen LogP contribution < -0.4 is 0 Å². The molecule has 0 rings (SSSR count). The smallest absolute Gasteiger partial charge is 0.112 e. The topological polar surface area (TPSA) is 9.23 Å². The molecule has 0 radical (unpaired) electrons. The molecule has 0 saturated carbocycles. The summed E-state index contributed by atoms with van der Waals surface area (Å²) in [5, 5.41) is 0.203. The largest absolute Gasteiger partial charge is 0.363 e. The SMILES string of the molecule is C=C(C)COC(Br)CCC. The molecule has 0 aliphatic carbocycles. The van der Waals surface area contributed by atoms with E-state index in [1.807, 2.05) is 6.92 Å². The summed E-state index contributed by atoms with van der Waals surface area (Å²) in [4.78, 5) is 0. The molecule has 0 spiro atoms. The molecule has 0 saturated heterocycles. The van der Waals surface area contributed by atoms with E-state index in [1.165, 1.54) is 0 Å². The third kappa shape index (κ3) is 6.30. The fourth-order valence-electron chi connectivity index (χ4n) is 0.543. The van der Waals surface area contributed by atoms with Crippen molar-refractivity contribution in [1.29, 1.82) is 0 Å². The molecule has 0 heterocycles. The fourth-order valence-corrected chi connectivity index (χ4v) is 1.13. The van der Waals surface area contributed by atoms with Crippen molar-refractivity contribution in [2.75, 3.05) is 6.61 Å². The molecule has 0 aliphatic heterocycles. The van der Waals surface area contributed by atoms with Gasteiger partial charge < -0.3 is 4.74 Å². The Kier molecular flexibility index (Phi) is 6.03. The standard InChI is InChI=1S/C8H15BrO/c1-4-5-8(9)10-6-7(2)3/h8H,2,4-6H2,1,3H3. The fraction of sp³-hybridized carbons (Fsp3) is 0.750. The van der Waals surface area contributed by atoms with Gasteiger partial charge in [0.1, 0.15) is 5.01 Å². The maximum absolute atomic E-state index is 5.36. The lowest BCUT2D eigenvalue weighted by molar-refractivity contribution is 0.131. The molecular formula is C8H15BrO. The summed E-state index contributed by atoms with van der Waals surface area (Å²) < 4.78 is 5.36. The highest BCUT2D eigenvalue weighted by atomic mass is 79.9. The summed E-state index contributed by atoms with van der Waals surface area (Å²) in [7, 11) is 0. The van der Waals surface area contributed by atoms with E-state index in [9.17, 15) is 0 Å². The van der Waals surface area contributed by atoms with Gasteiger partial charge in [0.15, 0.2) is 0 Å². The Labute approximate surface area is 71.6 Å². The van der Waals surface area contributed by atoms with E-state index in [-0.39, 0.29) is 5.01 Å². The van der Waals surface area contributed by atoms with Gasteiger partial charge in [-0.25, -0.2) is 0 Å². The van der Waals surface area contributed by atoms with Crippen LogP contribution >= 0.6 is 15.9 Å². The summed E-state index contributed by atoms with van der Waals surface area (Å²) >= 11 is 3.40. The van der Waals surface area contributed by atoms with E-state index < -0.39 is 0 Å². The second-order valence-electron chi connectivity index (χ2n) is 2.47. The summed E-state index contributed by atoms with van der Waals surface area (Å²) in [6.07, 6.45) is 2.21. The van der Waals surface area contributed by atoms with Gasteiger partial charge in [0.05, 0.1) is 6.61 Å². The Bertz CT molecular complexity index is 101. The summed E-state index contributed by atoms with van der Waals surface area (Å²) in [5.74, 6) is 0. The second kappa shape index (κ2) is 5.93. The lowest BCUT2D eigenvalue weighted by Gasteiger charge is -2.09. The number of hydrogen-bond acceptors (Lipinski definition) is 1. The van der Waals surface area contributed by atoms with Gasteiger partial charge in [0.25, 0.3) is 0 Å². The molecule has 1 atom stereocenters. The lowest BCUT2D eigenvalue weighted by Crippen LogP contribution is -2.05. The van der Waals surface area contributed by atoms with Gasteiger partial charge in [-0.2, -0.15) is 0 Å². The first kappa shape index (κ1) is 10.2. The molecule has 10 heavy (non-hydrogen) atoms. The third-order valence-electron chi connectivity index (χ3n) is 1.03. The summed E-state index contributed by atoms with van der Waals surface area (Å²) in [6, 6.07) is 0. The van der Waals surface area contributed by atoms with Crippen LogP contribution in [0.1, 0.15) is 26.7 Å². The molecule has 60 valence electrons. The van der Waals surface area contributed by atoms with E-state index in [0.29, 0.717) is 6.61 Å². The minimum absolute atomic E-state index is 0.203. The van der Waals surface area contributed by atoms with Crippen molar-refractivity contribution in [2.24, 2.45) is 0 Å². The highest BCUT2D eigenvalue weighted by Crippen LogP contribution is 2.09. The molecule has 0 aromatic heterocycles.